The lowest BCUT2D eigenvalue weighted by Gasteiger charge is -2.12. The molecule has 1 aliphatic rings. The SMILES string of the molecule is O=C(CCn1c(=O)sc2ccccc21)ON1C(=O)CCC1=O. The third kappa shape index (κ3) is 2.64. The Morgan fingerprint density at radius 3 is 2.55 bits per heavy atom. The summed E-state index contributed by atoms with van der Waals surface area (Å²) in [5.74, 6) is -1.75. The maximum Gasteiger partial charge on any atom is 0.335 e. The highest BCUT2D eigenvalue weighted by atomic mass is 32.1. The summed E-state index contributed by atoms with van der Waals surface area (Å²) in [4.78, 5) is 51.0. The van der Waals surface area contributed by atoms with Crippen LogP contribution in [0, 0.1) is 0 Å². The average molecular weight is 320 g/mol. The van der Waals surface area contributed by atoms with E-state index in [0.29, 0.717) is 5.06 Å². The van der Waals surface area contributed by atoms with E-state index in [0.717, 1.165) is 21.6 Å². The molecule has 7 nitrogen and oxygen atoms in total. The van der Waals surface area contributed by atoms with Gasteiger partial charge in [0.15, 0.2) is 0 Å². The number of carbonyl (C=O) groups excluding carboxylic acids is 3. The van der Waals surface area contributed by atoms with E-state index in [1.807, 2.05) is 18.2 Å². The molecule has 0 N–H and O–H groups in total. The molecule has 114 valence electrons. The monoisotopic (exact) mass is 320 g/mol. The third-order valence-electron chi connectivity index (χ3n) is 3.31. The summed E-state index contributed by atoms with van der Waals surface area (Å²) in [6, 6.07) is 7.27. The van der Waals surface area contributed by atoms with Crippen LogP contribution in [0.5, 0.6) is 0 Å². The van der Waals surface area contributed by atoms with Gasteiger partial charge in [-0.2, -0.15) is 0 Å². The van der Waals surface area contributed by atoms with Crippen LogP contribution in [0.2, 0.25) is 0 Å². The second-order valence-electron chi connectivity index (χ2n) is 4.78. The van der Waals surface area contributed by atoms with Crippen LogP contribution in [0.15, 0.2) is 29.1 Å². The number of rotatable bonds is 4. The molecule has 0 aliphatic carbocycles. The fourth-order valence-corrected chi connectivity index (χ4v) is 3.15. The van der Waals surface area contributed by atoms with Crippen LogP contribution in [0.25, 0.3) is 10.2 Å². The van der Waals surface area contributed by atoms with Crippen molar-refractivity contribution in [2.75, 3.05) is 0 Å². The fourth-order valence-electron chi connectivity index (χ4n) is 2.23. The largest absolute Gasteiger partial charge is 0.335 e. The molecule has 0 spiro atoms. The smallest absolute Gasteiger partial charge is 0.330 e. The molecular weight excluding hydrogens is 308 g/mol. The Labute approximate surface area is 128 Å². The van der Waals surface area contributed by atoms with Crippen LogP contribution < -0.4 is 4.87 Å². The Balaban J connectivity index is 1.68. The van der Waals surface area contributed by atoms with Gasteiger partial charge in [0.1, 0.15) is 0 Å². The average Bonchev–Trinajstić information content (AvgIpc) is 2.98. The summed E-state index contributed by atoms with van der Waals surface area (Å²) < 4.78 is 2.32. The van der Waals surface area contributed by atoms with E-state index in [4.69, 9.17) is 4.84 Å². The Morgan fingerprint density at radius 1 is 1.14 bits per heavy atom. The van der Waals surface area contributed by atoms with Crippen LogP contribution in [0.4, 0.5) is 0 Å². The number of thiazole rings is 1. The van der Waals surface area contributed by atoms with Gasteiger partial charge in [0.25, 0.3) is 11.8 Å². The number of hydrogen-bond donors (Lipinski definition) is 0. The maximum absolute atomic E-state index is 11.9. The number of carbonyl (C=O) groups is 3. The van der Waals surface area contributed by atoms with Crippen molar-refractivity contribution in [3.05, 3.63) is 33.9 Å². The predicted octanol–water partition coefficient (Wildman–Crippen LogP) is 1.06. The van der Waals surface area contributed by atoms with Gasteiger partial charge < -0.3 is 4.84 Å². The Bertz CT molecular complexity index is 806. The molecule has 1 aliphatic heterocycles. The minimum atomic E-state index is -0.717. The molecule has 3 rings (SSSR count). The maximum atomic E-state index is 11.9. The molecule has 2 heterocycles. The lowest BCUT2D eigenvalue weighted by Crippen LogP contribution is -2.32. The minimum absolute atomic E-state index is 0.0563. The Morgan fingerprint density at radius 2 is 1.82 bits per heavy atom. The second kappa shape index (κ2) is 5.72. The molecule has 0 atom stereocenters. The van der Waals surface area contributed by atoms with Crippen molar-refractivity contribution in [2.24, 2.45) is 0 Å². The molecule has 2 aromatic rings. The molecule has 0 saturated carbocycles. The number of fused-ring (bicyclic) bond motifs is 1. The van der Waals surface area contributed by atoms with Crippen LogP contribution in [-0.4, -0.2) is 27.4 Å². The number of aromatic nitrogens is 1. The van der Waals surface area contributed by atoms with Gasteiger partial charge in [0.2, 0.25) is 0 Å². The van der Waals surface area contributed by atoms with Crippen molar-refractivity contribution in [3.63, 3.8) is 0 Å². The van der Waals surface area contributed by atoms with Crippen LogP contribution in [0.1, 0.15) is 19.3 Å². The topological polar surface area (TPSA) is 85.7 Å². The molecule has 2 amide bonds. The van der Waals surface area contributed by atoms with Crippen molar-refractivity contribution in [1.29, 1.82) is 0 Å². The summed E-state index contributed by atoms with van der Waals surface area (Å²) in [7, 11) is 0. The van der Waals surface area contributed by atoms with Gasteiger partial charge in [0.05, 0.1) is 16.6 Å². The van der Waals surface area contributed by atoms with Crippen LogP contribution in [0.3, 0.4) is 0 Å². The van der Waals surface area contributed by atoms with Crippen molar-refractivity contribution >= 4 is 39.3 Å². The van der Waals surface area contributed by atoms with Gasteiger partial charge in [-0.05, 0) is 12.1 Å². The predicted molar refractivity (Wildman–Crippen MR) is 77.9 cm³/mol. The first-order valence-corrected chi connectivity index (χ1v) is 7.53. The zero-order chi connectivity index (χ0) is 15.7. The number of para-hydroxylation sites is 1. The Hall–Kier alpha value is -2.48. The number of nitrogens with zero attached hydrogens (tertiary/aromatic N) is 2. The van der Waals surface area contributed by atoms with Crippen molar-refractivity contribution < 1.29 is 19.2 Å². The zero-order valence-electron chi connectivity index (χ0n) is 11.5. The molecule has 1 aromatic carbocycles. The fraction of sp³-hybridized carbons (Fsp3) is 0.286. The van der Waals surface area contributed by atoms with Gasteiger partial charge in [-0.25, -0.2) is 4.79 Å². The van der Waals surface area contributed by atoms with E-state index in [2.05, 4.69) is 0 Å². The van der Waals surface area contributed by atoms with Gasteiger partial charge in [0, 0.05) is 19.4 Å². The molecule has 1 saturated heterocycles. The number of aryl methyl sites for hydroxylation is 1. The first kappa shape index (κ1) is 14.5. The summed E-state index contributed by atoms with van der Waals surface area (Å²) in [6.45, 7) is 0.137. The molecule has 0 unspecified atom stereocenters. The van der Waals surface area contributed by atoms with Crippen LogP contribution in [-0.2, 0) is 25.8 Å². The van der Waals surface area contributed by atoms with E-state index < -0.39 is 17.8 Å². The van der Waals surface area contributed by atoms with E-state index >= 15 is 0 Å². The Kier molecular flexibility index (Phi) is 3.76. The lowest BCUT2D eigenvalue weighted by molar-refractivity contribution is -0.197. The van der Waals surface area contributed by atoms with Gasteiger partial charge >= 0.3 is 10.8 Å². The number of amides is 2. The molecule has 0 radical (unpaired) electrons. The van der Waals surface area contributed by atoms with Crippen molar-refractivity contribution in [2.45, 2.75) is 25.8 Å². The normalized spacial score (nSPS) is 14.8. The van der Waals surface area contributed by atoms with Gasteiger partial charge in [-0.1, -0.05) is 23.5 Å². The summed E-state index contributed by atoms with van der Waals surface area (Å²) >= 11 is 1.10. The number of benzene rings is 1. The first-order valence-electron chi connectivity index (χ1n) is 6.71. The van der Waals surface area contributed by atoms with Gasteiger partial charge in [-0.3, -0.25) is 19.0 Å². The van der Waals surface area contributed by atoms with Gasteiger partial charge in [-0.15, -0.1) is 5.06 Å². The number of imide groups is 1. The van der Waals surface area contributed by atoms with Crippen molar-refractivity contribution in [3.8, 4) is 0 Å². The summed E-state index contributed by atoms with van der Waals surface area (Å²) in [5.41, 5.74) is 0.749. The van der Waals surface area contributed by atoms with E-state index in [9.17, 15) is 19.2 Å². The second-order valence-corrected chi connectivity index (χ2v) is 5.78. The molecule has 1 aromatic heterocycles. The summed E-state index contributed by atoms with van der Waals surface area (Å²) in [6.07, 6.45) is 0.0131. The number of hydrogen-bond acceptors (Lipinski definition) is 6. The number of hydroxylamine groups is 2. The standard InChI is InChI=1S/C14H12N2O5S/c17-11-5-6-12(18)16(11)21-13(19)7-8-15-9-3-1-2-4-10(9)22-14(15)20/h1-4H,5-8H2. The zero-order valence-corrected chi connectivity index (χ0v) is 12.3. The molecule has 0 bridgehead atoms. The lowest BCUT2D eigenvalue weighted by atomic mass is 10.3. The van der Waals surface area contributed by atoms with E-state index in [-0.39, 0.29) is 30.7 Å². The van der Waals surface area contributed by atoms with E-state index in [1.165, 1.54) is 4.57 Å². The van der Waals surface area contributed by atoms with E-state index in [1.54, 1.807) is 6.07 Å². The van der Waals surface area contributed by atoms with Crippen LogP contribution >= 0.6 is 11.3 Å². The highest BCUT2D eigenvalue weighted by Gasteiger charge is 2.32. The molecule has 8 heteroatoms. The third-order valence-corrected chi connectivity index (χ3v) is 4.27. The summed E-state index contributed by atoms with van der Waals surface area (Å²) in [5, 5.41) is 0.511. The molecule has 22 heavy (non-hydrogen) atoms. The molecule has 1 fully saturated rings. The first-order chi connectivity index (χ1) is 10.6. The molecular formula is C14H12N2O5S. The highest BCUT2D eigenvalue weighted by molar-refractivity contribution is 7.16. The quantitative estimate of drug-likeness (QED) is 0.786. The highest BCUT2D eigenvalue weighted by Crippen LogP contribution is 2.17. The van der Waals surface area contributed by atoms with Crippen molar-refractivity contribution in [1.82, 2.24) is 9.63 Å². The minimum Gasteiger partial charge on any atom is -0.330 e.